The number of nitrogens with zero attached hydrogens (tertiary/aromatic N) is 3. The van der Waals surface area contributed by atoms with Gasteiger partial charge in [-0.15, -0.1) is 0 Å². The van der Waals surface area contributed by atoms with Crippen molar-refractivity contribution in [3.63, 3.8) is 0 Å². The molecule has 3 rings (SSSR count). The van der Waals surface area contributed by atoms with E-state index in [1.165, 1.54) is 10.7 Å². The Hall–Kier alpha value is -3.36. The maximum Gasteiger partial charge on any atom is 0.417 e. The van der Waals surface area contributed by atoms with Crippen LogP contribution in [-0.4, -0.2) is 25.8 Å². The normalized spacial score (nSPS) is 11.5. The van der Waals surface area contributed by atoms with E-state index in [4.69, 9.17) is 9.84 Å². The molecule has 0 unspecified atom stereocenters. The fourth-order valence-corrected chi connectivity index (χ4v) is 3.26. The highest BCUT2D eigenvalue weighted by Crippen LogP contribution is 2.29. The number of hydrogen-bond acceptors (Lipinski definition) is 4. The molecule has 2 heterocycles. The smallest absolute Gasteiger partial charge is 0.417 e. The fourth-order valence-electron chi connectivity index (χ4n) is 3.26. The average Bonchev–Trinajstić information content (AvgIpc) is 3.14. The lowest BCUT2D eigenvalue weighted by atomic mass is 10.0. The molecule has 2 aromatic heterocycles. The lowest BCUT2D eigenvalue weighted by Crippen LogP contribution is -2.07. The van der Waals surface area contributed by atoms with Gasteiger partial charge in [0, 0.05) is 24.4 Å². The summed E-state index contributed by atoms with van der Waals surface area (Å²) in [5, 5.41) is 13.3. The molecule has 0 aliphatic rings. The van der Waals surface area contributed by atoms with Gasteiger partial charge >= 0.3 is 12.1 Å². The van der Waals surface area contributed by atoms with E-state index in [9.17, 15) is 18.0 Å². The molecule has 0 atom stereocenters. The molecule has 170 valence electrons. The van der Waals surface area contributed by atoms with Crippen molar-refractivity contribution in [3.8, 4) is 11.6 Å². The van der Waals surface area contributed by atoms with Gasteiger partial charge in [-0.2, -0.15) is 18.3 Å². The summed E-state index contributed by atoms with van der Waals surface area (Å²) >= 11 is 0. The van der Waals surface area contributed by atoms with Crippen molar-refractivity contribution in [1.29, 1.82) is 0 Å². The van der Waals surface area contributed by atoms with Gasteiger partial charge in [0.25, 0.3) is 0 Å². The molecule has 0 saturated heterocycles. The highest BCUT2D eigenvalue weighted by atomic mass is 19.4. The Bertz CT molecular complexity index is 1080. The molecule has 1 aromatic carbocycles. The van der Waals surface area contributed by atoms with Gasteiger partial charge in [0.2, 0.25) is 0 Å². The molecule has 1 N–H and O–H groups in total. The molecular weight excluding hydrogens is 423 g/mol. The molecular formula is C23H24F3N3O3. The molecule has 0 spiro atoms. The standard InChI is InChI=1S/C23H24F3N3O3/c1-3-4-20-17(13-29(28-20)21-9-7-18(12-27-21)23(24,25)26)14-32-19-8-5-16(15(2)11-19)6-10-22(30)31/h5,7-9,11-13H,3-4,6,10,14H2,1-2H3,(H,30,31). The first-order chi connectivity index (χ1) is 15.2. The number of aromatic nitrogens is 3. The summed E-state index contributed by atoms with van der Waals surface area (Å²) < 4.78 is 45.7. The molecule has 0 radical (unpaired) electrons. The minimum absolute atomic E-state index is 0.0680. The first kappa shape index (κ1) is 23.3. The second-order valence-electron chi connectivity index (χ2n) is 7.47. The first-order valence-electron chi connectivity index (χ1n) is 10.2. The van der Waals surface area contributed by atoms with Crippen LogP contribution in [0.2, 0.25) is 0 Å². The van der Waals surface area contributed by atoms with Gasteiger partial charge in [-0.05, 0) is 55.2 Å². The molecule has 6 nitrogen and oxygen atoms in total. The van der Waals surface area contributed by atoms with Gasteiger partial charge in [-0.1, -0.05) is 19.4 Å². The van der Waals surface area contributed by atoms with Crippen molar-refractivity contribution in [2.75, 3.05) is 0 Å². The zero-order valence-corrected chi connectivity index (χ0v) is 17.8. The van der Waals surface area contributed by atoms with Gasteiger partial charge < -0.3 is 9.84 Å². The average molecular weight is 447 g/mol. The summed E-state index contributed by atoms with van der Waals surface area (Å²) in [4.78, 5) is 14.7. The third kappa shape index (κ3) is 5.87. The number of rotatable bonds is 9. The van der Waals surface area contributed by atoms with Gasteiger partial charge in [-0.25, -0.2) is 9.67 Å². The number of carboxylic acids is 1. The molecule has 0 saturated carbocycles. The van der Waals surface area contributed by atoms with Gasteiger partial charge in [0.15, 0.2) is 5.82 Å². The number of hydrogen-bond donors (Lipinski definition) is 1. The second-order valence-corrected chi connectivity index (χ2v) is 7.47. The Balaban J connectivity index is 1.74. The molecule has 0 amide bonds. The van der Waals surface area contributed by atoms with E-state index < -0.39 is 17.7 Å². The summed E-state index contributed by atoms with van der Waals surface area (Å²) in [5.74, 6) is 0.0948. The molecule has 32 heavy (non-hydrogen) atoms. The molecule has 9 heteroatoms. The van der Waals surface area contributed by atoms with E-state index >= 15 is 0 Å². The summed E-state index contributed by atoms with van der Waals surface area (Å²) in [6.07, 6.45) is 0.133. The Morgan fingerprint density at radius 1 is 1.16 bits per heavy atom. The lowest BCUT2D eigenvalue weighted by Gasteiger charge is -2.10. The van der Waals surface area contributed by atoms with E-state index in [1.807, 2.05) is 26.0 Å². The number of carbonyl (C=O) groups is 1. The zero-order valence-electron chi connectivity index (χ0n) is 17.8. The number of benzene rings is 1. The summed E-state index contributed by atoms with van der Waals surface area (Å²) in [7, 11) is 0. The summed E-state index contributed by atoms with van der Waals surface area (Å²) in [5.41, 5.74) is 2.70. The number of aryl methyl sites for hydroxylation is 3. The Labute approximate surface area is 183 Å². The van der Waals surface area contributed by atoms with Gasteiger partial charge in [0.05, 0.1) is 11.3 Å². The van der Waals surface area contributed by atoms with Crippen LogP contribution in [-0.2, 0) is 30.4 Å². The minimum atomic E-state index is -4.44. The van der Waals surface area contributed by atoms with Crippen LogP contribution in [0.1, 0.15) is 47.7 Å². The van der Waals surface area contributed by atoms with E-state index in [0.29, 0.717) is 24.4 Å². The third-order valence-electron chi connectivity index (χ3n) is 4.99. The van der Waals surface area contributed by atoms with Crippen LogP contribution in [0, 0.1) is 6.92 Å². The van der Waals surface area contributed by atoms with Crippen LogP contribution in [0.25, 0.3) is 5.82 Å². The highest BCUT2D eigenvalue weighted by molar-refractivity contribution is 5.67. The van der Waals surface area contributed by atoms with Crippen molar-refractivity contribution in [3.05, 3.63) is 70.7 Å². The number of alkyl halides is 3. The van der Waals surface area contributed by atoms with Crippen LogP contribution in [0.5, 0.6) is 5.75 Å². The maximum absolute atomic E-state index is 12.8. The maximum atomic E-state index is 12.8. The van der Waals surface area contributed by atoms with Crippen molar-refractivity contribution in [1.82, 2.24) is 14.8 Å². The molecule has 0 fully saturated rings. The second kappa shape index (κ2) is 9.84. The van der Waals surface area contributed by atoms with Gasteiger partial charge in [-0.3, -0.25) is 4.79 Å². The highest BCUT2D eigenvalue weighted by Gasteiger charge is 2.30. The molecule has 0 bridgehead atoms. The zero-order chi connectivity index (χ0) is 23.3. The molecule has 0 aliphatic heterocycles. The van der Waals surface area contributed by atoms with Crippen LogP contribution >= 0.6 is 0 Å². The van der Waals surface area contributed by atoms with Crippen LogP contribution < -0.4 is 4.74 Å². The van der Waals surface area contributed by atoms with Crippen molar-refractivity contribution >= 4 is 5.97 Å². The van der Waals surface area contributed by atoms with Crippen molar-refractivity contribution in [2.45, 2.75) is 52.3 Å². The minimum Gasteiger partial charge on any atom is -0.489 e. The number of pyridine rings is 1. The fraction of sp³-hybridized carbons (Fsp3) is 0.348. The Morgan fingerprint density at radius 3 is 2.53 bits per heavy atom. The van der Waals surface area contributed by atoms with E-state index in [2.05, 4.69) is 10.1 Å². The first-order valence-corrected chi connectivity index (χ1v) is 10.2. The largest absolute Gasteiger partial charge is 0.489 e. The number of ether oxygens (including phenoxy) is 1. The summed E-state index contributed by atoms with van der Waals surface area (Å²) in [6.45, 7) is 4.16. The molecule has 0 aliphatic carbocycles. The lowest BCUT2D eigenvalue weighted by molar-refractivity contribution is -0.138. The van der Waals surface area contributed by atoms with Crippen molar-refractivity contribution < 1.29 is 27.8 Å². The number of aliphatic carboxylic acids is 1. The van der Waals surface area contributed by atoms with E-state index in [-0.39, 0.29) is 13.0 Å². The topological polar surface area (TPSA) is 77.2 Å². The molecule has 3 aromatic rings. The van der Waals surface area contributed by atoms with Gasteiger partial charge in [0.1, 0.15) is 12.4 Å². The third-order valence-corrected chi connectivity index (χ3v) is 4.99. The van der Waals surface area contributed by atoms with Crippen LogP contribution in [0.4, 0.5) is 13.2 Å². The van der Waals surface area contributed by atoms with E-state index in [1.54, 1.807) is 12.3 Å². The predicted octanol–water partition coefficient (Wildman–Crippen LogP) is 5.14. The SMILES string of the molecule is CCCc1nn(-c2ccc(C(F)(F)F)cn2)cc1COc1ccc(CCC(=O)O)c(C)c1. The predicted molar refractivity (Wildman–Crippen MR) is 112 cm³/mol. The summed E-state index contributed by atoms with van der Waals surface area (Å²) in [6, 6.07) is 7.78. The number of carboxylic acid groups (broad SMARTS) is 1. The van der Waals surface area contributed by atoms with Crippen LogP contribution in [0.3, 0.4) is 0 Å². The van der Waals surface area contributed by atoms with E-state index in [0.717, 1.165) is 41.1 Å². The van der Waals surface area contributed by atoms with Crippen LogP contribution in [0.15, 0.2) is 42.7 Å². The Morgan fingerprint density at radius 2 is 1.94 bits per heavy atom. The Kier molecular flexibility index (Phi) is 7.17. The van der Waals surface area contributed by atoms with Crippen molar-refractivity contribution in [2.24, 2.45) is 0 Å². The quantitative estimate of drug-likeness (QED) is 0.491. The number of halogens is 3. The monoisotopic (exact) mass is 447 g/mol.